The molecule has 0 spiro atoms. The van der Waals surface area contributed by atoms with E-state index in [1.807, 2.05) is 0 Å². The lowest BCUT2D eigenvalue weighted by Gasteiger charge is -1.63. The first-order valence-electron chi connectivity index (χ1n) is 1.15. The van der Waals surface area contributed by atoms with E-state index in [1.165, 1.54) is 0 Å². The molecule has 0 unspecified atom stereocenters. The molecule has 0 rings (SSSR count). The minimum absolute atomic E-state index is 0.356. The van der Waals surface area contributed by atoms with Gasteiger partial charge in [-0.15, -0.1) is 0 Å². The maximum absolute atomic E-state index is 10.6. The van der Waals surface area contributed by atoms with Crippen LogP contribution in [0.1, 0.15) is 6.92 Å². The zero-order valence-electron chi connectivity index (χ0n) is 2.49. The van der Waals surface area contributed by atoms with Crippen molar-refractivity contribution in [2.45, 2.75) is 6.92 Å². The molecule has 0 aliphatic heterocycles. The number of hydrogen-bond donors (Lipinski definition) is 0. The SMILES string of the molecule is CCSF. The average molecular weight is 80.1 g/mol. The maximum Gasteiger partial charge on any atom is 0.0440 e. The molecule has 0 N–H and O–H groups in total. The minimum Gasteiger partial charge on any atom is -0.165 e. The molecule has 0 heterocycles. The quantitative estimate of drug-likeness (QED) is 0.461. The lowest BCUT2D eigenvalue weighted by atomic mass is 11.0. The molecule has 0 aromatic rings. The average Bonchev–Trinajstić information content (AvgIpc) is 1.37. The van der Waals surface area contributed by atoms with Gasteiger partial charge >= 0.3 is 0 Å². The van der Waals surface area contributed by atoms with E-state index in [1.54, 1.807) is 6.92 Å². The van der Waals surface area contributed by atoms with Gasteiger partial charge in [-0.25, -0.2) is 0 Å². The monoisotopic (exact) mass is 80.0 g/mol. The van der Waals surface area contributed by atoms with Crippen LogP contribution in [0.15, 0.2) is 0 Å². The lowest BCUT2D eigenvalue weighted by Crippen LogP contribution is -1.46. The molecule has 0 aromatic carbocycles. The highest BCUT2D eigenvalue weighted by molar-refractivity contribution is 7.94. The van der Waals surface area contributed by atoms with E-state index >= 15 is 0 Å². The third-order valence-corrected chi connectivity index (χ3v) is 0.327. The summed E-state index contributed by atoms with van der Waals surface area (Å²) in [5, 5.41) is 0. The zero-order valence-corrected chi connectivity index (χ0v) is 3.31. The predicted octanol–water partition coefficient (Wildman–Crippen LogP) is 1.62. The molecule has 26 valence electrons. The summed E-state index contributed by atoms with van der Waals surface area (Å²) in [4.78, 5) is 0. The third-order valence-electron chi connectivity index (χ3n) is 0.109. The fraction of sp³-hybridized carbons (Fsp3) is 1.00. The Hall–Kier alpha value is 0.280. The summed E-state index contributed by atoms with van der Waals surface area (Å²) >= 11 is 0.356. The van der Waals surface area contributed by atoms with Gasteiger partial charge in [0.2, 0.25) is 0 Å². The van der Waals surface area contributed by atoms with Crippen LogP contribution in [0.3, 0.4) is 0 Å². The van der Waals surface area contributed by atoms with Gasteiger partial charge in [-0.05, 0) is 0 Å². The van der Waals surface area contributed by atoms with Crippen molar-refractivity contribution >= 4 is 12.1 Å². The molecule has 0 saturated heterocycles. The van der Waals surface area contributed by atoms with Gasteiger partial charge in [-0.2, -0.15) is 3.89 Å². The van der Waals surface area contributed by atoms with E-state index < -0.39 is 0 Å². The van der Waals surface area contributed by atoms with Crippen molar-refractivity contribution in [1.82, 2.24) is 0 Å². The van der Waals surface area contributed by atoms with E-state index in [4.69, 9.17) is 0 Å². The van der Waals surface area contributed by atoms with Crippen LogP contribution in [-0.2, 0) is 0 Å². The molecule has 0 bridgehead atoms. The van der Waals surface area contributed by atoms with Crippen LogP contribution in [-0.4, -0.2) is 5.75 Å². The lowest BCUT2D eigenvalue weighted by molar-refractivity contribution is 0.936. The summed E-state index contributed by atoms with van der Waals surface area (Å²) in [6.07, 6.45) is 0. The molecule has 0 amide bonds. The van der Waals surface area contributed by atoms with E-state index in [-0.39, 0.29) is 0 Å². The van der Waals surface area contributed by atoms with Crippen molar-refractivity contribution in [3.63, 3.8) is 0 Å². The van der Waals surface area contributed by atoms with Crippen molar-refractivity contribution in [2.24, 2.45) is 0 Å². The van der Waals surface area contributed by atoms with Crippen LogP contribution in [0.4, 0.5) is 3.89 Å². The molecule has 0 radical (unpaired) electrons. The first-order chi connectivity index (χ1) is 1.91. The Labute approximate surface area is 29.7 Å². The summed E-state index contributed by atoms with van der Waals surface area (Å²) in [7, 11) is 0. The van der Waals surface area contributed by atoms with Crippen molar-refractivity contribution in [2.75, 3.05) is 5.75 Å². The topological polar surface area (TPSA) is 0 Å². The molecule has 2 heteroatoms. The fourth-order valence-corrected chi connectivity index (χ4v) is 0. The Morgan fingerprint density at radius 3 is 2.25 bits per heavy atom. The van der Waals surface area contributed by atoms with Crippen LogP contribution in [0, 0.1) is 0 Å². The van der Waals surface area contributed by atoms with Crippen molar-refractivity contribution in [3.8, 4) is 0 Å². The summed E-state index contributed by atoms with van der Waals surface area (Å²) in [5.41, 5.74) is 0. The minimum atomic E-state index is 0.356. The van der Waals surface area contributed by atoms with Crippen LogP contribution in [0.5, 0.6) is 0 Å². The second kappa shape index (κ2) is 3.28. The van der Waals surface area contributed by atoms with E-state index in [0.29, 0.717) is 17.9 Å². The second-order valence-corrected chi connectivity index (χ2v) is 1.19. The molecule has 4 heavy (non-hydrogen) atoms. The molecule has 0 aliphatic carbocycles. The van der Waals surface area contributed by atoms with Crippen molar-refractivity contribution in [1.29, 1.82) is 0 Å². The Balaban J connectivity index is 1.97. The van der Waals surface area contributed by atoms with Crippen LogP contribution >= 0.6 is 12.1 Å². The van der Waals surface area contributed by atoms with Crippen LogP contribution < -0.4 is 0 Å². The Kier molecular flexibility index (Phi) is 3.51. The van der Waals surface area contributed by atoms with Gasteiger partial charge in [0, 0.05) is 17.9 Å². The molecular formula is C2H5FS. The van der Waals surface area contributed by atoms with Gasteiger partial charge in [0.25, 0.3) is 0 Å². The van der Waals surface area contributed by atoms with Crippen LogP contribution in [0.25, 0.3) is 0 Å². The van der Waals surface area contributed by atoms with Crippen molar-refractivity contribution < 1.29 is 3.89 Å². The molecular weight excluding hydrogens is 75.1 g/mol. The van der Waals surface area contributed by atoms with Crippen molar-refractivity contribution in [3.05, 3.63) is 0 Å². The fourth-order valence-electron chi connectivity index (χ4n) is 0. The zero-order chi connectivity index (χ0) is 3.41. The summed E-state index contributed by atoms with van der Waals surface area (Å²) in [6.45, 7) is 1.77. The Morgan fingerprint density at radius 1 is 2.00 bits per heavy atom. The molecule has 0 nitrogen and oxygen atoms in total. The largest absolute Gasteiger partial charge is 0.165 e. The Morgan fingerprint density at radius 2 is 2.25 bits per heavy atom. The highest BCUT2D eigenvalue weighted by Gasteiger charge is 1.62. The number of rotatable bonds is 1. The van der Waals surface area contributed by atoms with Crippen LogP contribution in [0.2, 0.25) is 0 Å². The van der Waals surface area contributed by atoms with E-state index in [2.05, 4.69) is 0 Å². The maximum atomic E-state index is 10.6. The summed E-state index contributed by atoms with van der Waals surface area (Å²) in [6, 6.07) is 0. The third kappa shape index (κ3) is 2.28. The molecule has 0 aromatic heterocycles. The standard InChI is InChI=1S/C2H5FS/c1-2-4-3/h2H2,1H3. The second-order valence-electron chi connectivity index (χ2n) is 0.398. The van der Waals surface area contributed by atoms with E-state index in [0.717, 1.165) is 0 Å². The predicted molar refractivity (Wildman–Crippen MR) is 19.2 cm³/mol. The molecule has 0 fully saturated rings. The molecule has 0 saturated carbocycles. The molecule has 0 aliphatic rings. The first-order valence-corrected chi connectivity index (χ1v) is 2.04. The highest BCUT2D eigenvalue weighted by Crippen LogP contribution is 1.94. The number of hydrogen-bond acceptors (Lipinski definition) is 1. The summed E-state index contributed by atoms with van der Waals surface area (Å²) < 4.78 is 10.6. The molecule has 0 atom stereocenters. The smallest absolute Gasteiger partial charge is 0.0440 e. The van der Waals surface area contributed by atoms with Gasteiger partial charge in [-0.1, -0.05) is 6.92 Å². The van der Waals surface area contributed by atoms with Gasteiger partial charge in [0.15, 0.2) is 0 Å². The number of halogens is 1. The van der Waals surface area contributed by atoms with Gasteiger partial charge in [0.1, 0.15) is 0 Å². The summed E-state index contributed by atoms with van der Waals surface area (Å²) in [5.74, 6) is 0.569. The first kappa shape index (κ1) is 4.28. The van der Waals surface area contributed by atoms with E-state index in [9.17, 15) is 3.89 Å². The normalized spacial score (nSPS) is 7.50. The highest BCUT2D eigenvalue weighted by atomic mass is 32.2. The van der Waals surface area contributed by atoms with Gasteiger partial charge < -0.3 is 0 Å². The Bertz CT molecular complexity index is 8.00. The van der Waals surface area contributed by atoms with Gasteiger partial charge in [0.05, 0.1) is 0 Å². The van der Waals surface area contributed by atoms with Gasteiger partial charge in [-0.3, -0.25) is 0 Å².